The molecule has 0 atom stereocenters. The zero-order chi connectivity index (χ0) is 16.3. The first kappa shape index (κ1) is 16.7. The van der Waals surface area contributed by atoms with Gasteiger partial charge in [0, 0.05) is 18.3 Å². The summed E-state index contributed by atoms with van der Waals surface area (Å²) in [4.78, 5) is 12.3. The maximum Gasteiger partial charge on any atom is 0.272 e. The number of anilines is 1. The highest BCUT2D eigenvalue weighted by atomic mass is 35.5. The van der Waals surface area contributed by atoms with E-state index in [1.807, 2.05) is 6.92 Å². The standard InChI is InChI=1S/C15H16Cl2N2O3/c1-3-22-13-5-4-10(6-9(13)8-20)18-15(21)12-7-11(16)14(17)19(12)2/h4-7,20H,3,8H2,1-2H3,(H,18,21). The van der Waals surface area contributed by atoms with Gasteiger partial charge >= 0.3 is 0 Å². The fourth-order valence-electron chi connectivity index (χ4n) is 2.03. The summed E-state index contributed by atoms with van der Waals surface area (Å²) in [7, 11) is 1.65. The van der Waals surface area contributed by atoms with Crippen molar-refractivity contribution in [3.05, 3.63) is 45.7 Å². The monoisotopic (exact) mass is 342 g/mol. The minimum Gasteiger partial charge on any atom is -0.494 e. The van der Waals surface area contributed by atoms with Gasteiger partial charge in [0.1, 0.15) is 16.6 Å². The van der Waals surface area contributed by atoms with Gasteiger partial charge in [-0.15, -0.1) is 0 Å². The Balaban J connectivity index is 2.23. The highest BCUT2D eigenvalue weighted by Crippen LogP contribution is 2.27. The Labute approximate surface area is 138 Å². The molecule has 0 aliphatic heterocycles. The lowest BCUT2D eigenvalue weighted by atomic mass is 10.2. The highest BCUT2D eigenvalue weighted by molar-refractivity contribution is 6.42. The van der Waals surface area contributed by atoms with Crippen LogP contribution in [-0.2, 0) is 13.7 Å². The Morgan fingerprint density at radius 1 is 1.36 bits per heavy atom. The van der Waals surface area contributed by atoms with Gasteiger partial charge in [0.05, 0.1) is 18.2 Å². The maximum absolute atomic E-state index is 12.3. The first-order valence-corrected chi connectivity index (χ1v) is 7.42. The molecular formula is C15H16Cl2N2O3. The van der Waals surface area contributed by atoms with Crippen LogP contribution in [0.3, 0.4) is 0 Å². The first-order valence-electron chi connectivity index (χ1n) is 6.66. The predicted molar refractivity (Wildman–Crippen MR) is 86.9 cm³/mol. The molecule has 0 aliphatic rings. The molecule has 0 saturated carbocycles. The Bertz CT molecular complexity index is 698. The average molecular weight is 343 g/mol. The zero-order valence-corrected chi connectivity index (χ0v) is 13.7. The Kier molecular flexibility index (Phi) is 5.34. The van der Waals surface area contributed by atoms with Gasteiger partial charge in [0.25, 0.3) is 5.91 Å². The van der Waals surface area contributed by atoms with Crippen molar-refractivity contribution in [3.8, 4) is 5.75 Å². The number of halogens is 2. The molecule has 2 rings (SSSR count). The summed E-state index contributed by atoms with van der Waals surface area (Å²) in [6.45, 7) is 2.18. The third kappa shape index (κ3) is 3.38. The van der Waals surface area contributed by atoms with Crippen molar-refractivity contribution in [2.45, 2.75) is 13.5 Å². The fraction of sp³-hybridized carbons (Fsp3) is 0.267. The molecule has 1 aromatic heterocycles. The number of rotatable bonds is 5. The van der Waals surface area contributed by atoms with Crippen molar-refractivity contribution in [2.24, 2.45) is 7.05 Å². The van der Waals surface area contributed by atoms with Gasteiger partial charge in [-0.1, -0.05) is 23.2 Å². The number of amides is 1. The molecule has 1 aromatic carbocycles. The van der Waals surface area contributed by atoms with Crippen molar-refractivity contribution >= 4 is 34.8 Å². The predicted octanol–water partition coefficient (Wildman–Crippen LogP) is 3.48. The number of aromatic nitrogens is 1. The number of aliphatic hydroxyl groups excluding tert-OH is 1. The van der Waals surface area contributed by atoms with E-state index in [9.17, 15) is 9.90 Å². The molecule has 0 bridgehead atoms. The molecule has 118 valence electrons. The number of nitrogens with zero attached hydrogens (tertiary/aromatic N) is 1. The molecule has 5 nitrogen and oxygen atoms in total. The first-order chi connectivity index (χ1) is 10.5. The van der Waals surface area contributed by atoms with Crippen LogP contribution >= 0.6 is 23.2 Å². The van der Waals surface area contributed by atoms with Crippen LogP contribution in [0.5, 0.6) is 5.75 Å². The number of carbonyl (C=O) groups excluding carboxylic acids is 1. The van der Waals surface area contributed by atoms with E-state index in [2.05, 4.69) is 5.32 Å². The summed E-state index contributed by atoms with van der Waals surface area (Å²) < 4.78 is 6.90. The maximum atomic E-state index is 12.3. The smallest absolute Gasteiger partial charge is 0.272 e. The van der Waals surface area contributed by atoms with Crippen molar-refractivity contribution < 1.29 is 14.6 Å². The van der Waals surface area contributed by atoms with Crippen molar-refractivity contribution in [1.82, 2.24) is 4.57 Å². The van der Waals surface area contributed by atoms with Gasteiger partial charge in [0.15, 0.2) is 0 Å². The molecule has 0 spiro atoms. The van der Waals surface area contributed by atoms with E-state index in [0.717, 1.165) is 0 Å². The summed E-state index contributed by atoms with van der Waals surface area (Å²) in [6, 6.07) is 6.57. The van der Waals surface area contributed by atoms with E-state index >= 15 is 0 Å². The molecular weight excluding hydrogens is 327 g/mol. The van der Waals surface area contributed by atoms with Gasteiger partial charge in [-0.3, -0.25) is 4.79 Å². The second kappa shape index (κ2) is 7.05. The topological polar surface area (TPSA) is 63.5 Å². The third-order valence-electron chi connectivity index (χ3n) is 3.14. The molecule has 1 heterocycles. The lowest BCUT2D eigenvalue weighted by Crippen LogP contribution is -2.15. The second-order valence-electron chi connectivity index (χ2n) is 4.60. The van der Waals surface area contributed by atoms with Crippen molar-refractivity contribution in [3.63, 3.8) is 0 Å². The highest BCUT2D eigenvalue weighted by Gasteiger charge is 2.16. The minimum absolute atomic E-state index is 0.180. The van der Waals surface area contributed by atoms with Crippen LogP contribution in [0.2, 0.25) is 10.2 Å². The summed E-state index contributed by atoms with van der Waals surface area (Å²) >= 11 is 11.9. The second-order valence-corrected chi connectivity index (χ2v) is 5.36. The lowest BCUT2D eigenvalue weighted by molar-refractivity contribution is 0.101. The normalized spacial score (nSPS) is 10.6. The molecule has 2 aromatic rings. The molecule has 0 fully saturated rings. The Morgan fingerprint density at radius 2 is 2.09 bits per heavy atom. The Morgan fingerprint density at radius 3 is 2.64 bits per heavy atom. The van der Waals surface area contributed by atoms with Gasteiger partial charge in [0.2, 0.25) is 0 Å². The quantitative estimate of drug-likeness (QED) is 0.874. The third-order valence-corrected chi connectivity index (χ3v) is 3.98. The Hall–Kier alpha value is -1.69. The van der Waals surface area contributed by atoms with Crippen LogP contribution in [-0.4, -0.2) is 22.2 Å². The summed E-state index contributed by atoms with van der Waals surface area (Å²) in [5.74, 6) is 0.248. The fourth-order valence-corrected chi connectivity index (χ4v) is 2.41. The number of carbonyl (C=O) groups is 1. The summed E-state index contributed by atoms with van der Waals surface area (Å²) in [5.41, 5.74) is 1.49. The van der Waals surface area contributed by atoms with Gasteiger partial charge in [-0.2, -0.15) is 0 Å². The van der Waals surface area contributed by atoms with Crippen LogP contribution in [0.15, 0.2) is 24.3 Å². The zero-order valence-electron chi connectivity index (χ0n) is 12.2. The van der Waals surface area contributed by atoms with Crippen molar-refractivity contribution in [1.29, 1.82) is 0 Å². The molecule has 0 unspecified atom stereocenters. The molecule has 22 heavy (non-hydrogen) atoms. The summed E-state index contributed by atoms with van der Waals surface area (Å²) in [5, 5.41) is 12.7. The van der Waals surface area contributed by atoms with Crippen molar-refractivity contribution in [2.75, 3.05) is 11.9 Å². The van der Waals surface area contributed by atoms with Crippen LogP contribution in [0, 0.1) is 0 Å². The lowest BCUT2D eigenvalue weighted by Gasteiger charge is -2.11. The van der Waals surface area contributed by atoms with E-state index in [4.69, 9.17) is 27.9 Å². The SMILES string of the molecule is CCOc1ccc(NC(=O)c2cc(Cl)c(Cl)n2C)cc1CO. The largest absolute Gasteiger partial charge is 0.494 e. The van der Waals surface area contributed by atoms with E-state index in [1.165, 1.54) is 10.6 Å². The number of hydrogen-bond donors (Lipinski definition) is 2. The number of aliphatic hydroxyl groups is 1. The van der Waals surface area contributed by atoms with E-state index < -0.39 is 0 Å². The van der Waals surface area contributed by atoms with Crippen LogP contribution in [0.1, 0.15) is 23.0 Å². The van der Waals surface area contributed by atoms with Gasteiger partial charge in [-0.25, -0.2) is 0 Å². The van der Waals surface area contributed by atoms with Gasteiger partial charge < -0.3 is 19.7 Å². The van der Waals surface area contributed by atoms with Crippen LogP contribution in [0.25, 0.3) is 0 Å². The van der Waals surface area contributed by atoms with Crippen LogP contribution in [0.4, 0.5) is 5.69 Å². The van der Waals surface area contributed by atoms with E-state index in [-0.39, 0.29) is 12.5 Å². The number of ether oxygens (including phenoxy) is 1. The molecule has 2 N–H and O–H groups in total. The van der Waals surface area contributed by atoms with Crippen LogP contribution < -0.4 is 10.1 Å². The van der Waals surface area contributed by atoms with E-state index in [0.29, 0.717) is 39.5 Å². The van der Waals surface area contributed by atoms with E-state index in [1.54, 1.807) is 25.2 Å². The number of hydrogen-bond acceptors (Lipinski definition) is 3. The average Bonchev–Trinajstić information content (AvgIpc) is 2.76. The number of benzene rings is 1. The molecule has 1 amide bonds. The minimum atomic E-state index is -0.343. The molecule has 7 heteroatoms. The number of nitrogens with one attached hydrogen (secondary N) is 1. The molecule has 0 radical (unpaired) electrons. The molecule has 0 saturated heterocycles. The summed E-state index contributed by atoms with van der Waals surface area (Å²) in [6.07, 6.45) is 0. The van der Waals surface area contributed by atoms with Gasteiger partial charge in [-0.05, 0) is 31.2 Å². The molecule has 0 aliphatic carbocycles.